The van der Waals surface area contributed by atoms with Crippen molar-refractivity contribution in [1.82, 2.24) is 5.32 Å². The maximum absolute atomic E-state index is 11.4. The molecular weight excluding hydrogens is 198 g/mol. The normalized spacial score (nSPS) is 14.7. The topological polar surface area (TPSA) is 67.8 Å². The van der Waals surface area contributed by atoms with Crippen LogP contribution in [0, 0.1) is 0 Å². The Balaban J connectivity index is 3.70. The van der Waals surface area contributed by atoms with Gasteiger partial charge in [0, 0.05) is 20.6 Å². The van der Waals surface area contributed by atoms with Crippen molar-refractivity contribution in [3.63, 3.8) is 0 Å². The molecule has 5 heteroatoms. The summed E-state index contributed by atoms with van der Waals surface area (Å²) in [6.07, 6.45) is 1.15. The van der Waals surface area contributed by atoms with Crippen LogP contribution >= 0.6 is 0 Å². The van der Waals surface area contributed by atoms with Gasteiger partial charge in [0.05, 0.1) is 25.4 Å². The van der Waals surface area contributed by atoms with Gasteiger partial charge in [-0.25, -0.2) is 0 Å². The van der Waals surface area contributed by atoms with Crippen LogP contribution in [0.5, 0.6) is 0 Å². The minimum absolute atomic E-state index is 0.0748. The van der Waals surface area contributed by atoms with Crippen LogP contribution in [-0.2, 0) is 14.3 Å². The van der Waals surface area contributed by atoms with E-state index in [1.54, 1.807) is 7.11 Å². The lowest BCUT2D eigenvalue weighted by Crippen LogP contribution is -2.40. The van der Waals surface area contributed by atoms with E-state index < -0.39 is 0 Å². The standard InChI is InChI=1S/C10H21NO4/c1-8(15-3)4-5-10(13)11-9(6-12)7-14-2/h8-9,12H,4-7H2,1-3H3,(H,11,13). The van der Waals surface area contributed by atoms with Crippen molar-refractivity contribution < 1.29 is 19.4 Å². The molecule has 0 aliphatic heterocycles. The fourth-order valence-corrected chi connectivity index (χ4v) is 1.09. The number of aliphatic hydroxyl groups is 1. The van der Waals surface area contributed by atoms with Gasteiger partial charge < -0.3 is 19.9 Å². The van der Waals surface area contributed by atoms with Crippen LogP contribution in [-0.4, -0.2) is 50.6 Å². The summed E-state index contributed by atoms with van der Waals surface area (Å²) in [7, 11) is 3.14. The van der Waals surface area contributed by atoms with Gasteiger partial charge in [-0.05, 0) is 13.3 Å². The largest absolute Gasteiger partial charge is 0.394 e. The molecule has 0 aliphatic carbocycles. The molecule has 0 heterocycles. The van der Waals surface area contributed by atoms with Crippen molar-refractivity contribution in [3.8, 4) is 0 Å². The van der Waals surface area contributed by atoms with Gasteiger partial charge >= 0.3 is 0 Å². The fraction of sp³-hybridized carbons (Fsp3) is 0.900. The van der Waals surface area contributed by atoms with Crippen LogP contribution in [0.4, 0.5) is 0 Å². The average molecular weight is 219 g/mol. The quantitative estimate of drug-likeness (QED) is 0.599. The first kappa shape index (κ1) is 14.3. The van der Waals surface area contributed by atoms with E-state index in [1.807, 2.05) is 6.92 Å². The third-order valence-electron chi connectivity index (χ3n) is 2.13. The average Bonchev–Trinajstić information content (AvgIpc) is 2.25. The molecule has 1 amide bonds. The molecule has 2 unspecified atom stereocenters. The van der Waals surface area contributed by atoms with E-state index in [0.717, 1.165) is 0 Å². The van der Waals surface area contributed by atoms with Crippen LogP contribution in [0.1, 0.15) is 19.8 Å². The summed E-state index contributed by atoms with van der Waals surface area (Å²) in [5.74, 6) is -0.0880. The Morgan fingerprint density at radius 3 is 2.60 bits per heavy atom. The first-order valence-electron chi connectivity index (χ1n) is 5.06. The lowest BCUT2D eigenvalue weighted by molar-refractivity contribution is -0.123. The molecule has 0 rings (SSSR count). The van der Waals surface area contributed by atoms with Gasteiger partial charge in [0.25, 0.3) is 0 Å². The highest BCUT2D eigenvalue weighted by molar-refractivity contribution is 5.76. The van der Waals surface area contributed by atoms with Crippen molar-refractivity contribution >= 4 is 5.91 Å². The molecule has 2 atom stereocenters. The number of aliphatic hydroxyl groups excluding tert-OH is 1. The Hall–Kier alpha value is -0.650. The minimum atomic E-state index is -0.319. The number of carbonyl (C=O) groups is 1. The lowest BCUT2D eigenvalue weighted by Gasteiger charge is -2.16. The first-order valence-corrected chi connectivity index (χ1v) is 5.06. The van der Waals surface area contributed by atoms with E-state index in [9.17, 15) is 4.79 Å². The zero-order chi connectivity index (χ0) is 11.7. The molecule has 0 aromatic heterocycles. The van der Waals surface area contributed by atoms with Crippen LogP contribution in [0.25, 0.3) is 0 Å². The van der Waals surface area contributed by atoms with E-state index in [-0.39, 0.29) is 24.7 Å². The molecule has 90 valence electrons. The molecule has 0 fully saturated rings. The Bertz CT molecular complexity index is 175. The molecule has 5 nitrogen and oxygen atoms in total. The number of methoxy groups -OCH3 is 2. The number of carbonyl (C=O) groups excluding carboxylic acids is 1. The smallest absolute Gasteiger partial charge is 0.220 e. The van der Waals surface area contributed by atoms with E-state index in [4.69, 9.17) is 14.6 Å². The van der Waals surface area contributed by atoms with E-state index in [1.165, 1.54) is 7.11 Å². The number of nitrogens with one attached hydrogen (secondary N) is 1. The van der Waals surface area contributed by atoms with Gasteiger partial charge in [-0.2, -0.15) is 0 Å². The second-order valence-corrected chi connectivity index (χ2v) is 3.49. The van der Waals surface area contributed by atoms with Gasteiger partial charge in [0.1, 0.15) is 0 Å². The van der Waals surface area contributed by atoms with Gasteiger partial charge in [0.2, 0.25) is 5.91 Å². The third kappa shape index (κ3) is 7.30. The van der Waals surface area contributed by atoms with Gasteiger partial charge in [0.15, 0.2) is 0 Å². The molecular formula is C10H21NO4. The van der Waals surface area contributed by atoms with E-state index in [2.05, 4.69) is 5.32 Å². The number of hydrogen-bond donors (Lipinski definition) is 2. The summed E-state index contributed by atoms with van der Waals surface area (Å²) in [6.45, 7) is 2.12. The second-order valence-electron chi connectivity index (χ2n) is 3.49. The second kappa shape index (κ2) is 8.64. The number of ether oxygens (including phenoxy) is 2. The van der Waals surface area contributed by atoms with Crippen LogP contribution in [0.2, 0.25) is 0 Å². The highest BCUT2D eigenvalue weighted by Gasteiger charge is 2.11. The highest BCUT2D eigenvalue weighted by atomic mass is 16.5. The predicted octanol–water partition coefficient (Wildman–Crippen LogP) is -0.0750. The van der Waals surface area contributed by atoms with Crippen LogP contribution < -0.4 is 5.32 Å². The highest BCUT2D eigenvalue weighted by Crippen LogP contribution is 2.00. The molecule has 15 heavy (non-hydrogen) atoms. The molecule has 0 aromatic rings. The van der Waals surface area contributed by atoms with Crippen molar-refractivity contribution in [2.45, 2.75) is 31.9 Å². The third-order valence-corrected chi connectivity index (χ3v) is 2.13. The van der Waals surface area contributed by atoms with Crippen molar-refractivity contribution in [2.24, 2.45) is 0 Å². The summed E-state index contributed by atoms with van der Waals surface area (Å²) in [6, 6.07) is -0.319. The summed E-state index contributed by atoms with van der Waals surface area (Å²) in [4.78, 5) is 11.4. The summed E-state index contributed by atoms with van der Waals surface area (Å²) in [5.41, 5.74) is 0. The monoisotopic (exact) mass is 219 g/mol. The number of rotatable bonds is 8. The molecule has 0 radical (unpaired) electrons. The van der Waals surface area contributed by atoms with Crippen molar-refractivity contribution in [2.75, 3.05) is 27.4 Å². The Morgan fingerprint density at radius 2 is 2.13 bits per heavy atom. The molecule has 0 bridgehead atoms. The Labute approximate surface area is 90.8 Å². The number of amides is 1. The van der Waals surface area contributed by atoms with Crippen LogP contribution in [0.15, 0.2) is 0 Å². The fourth-order valence-electron chi connectivity index (χ4n) is 1.09. The minimum Gasteiger partial charge on any atom is -0.394 e. The van der Waals surface area contributed by atoms with Gasteiger partial charge in [-0.3, -0.25) is 4.79 Å². The Kier molecular flexibility index (Phi) is 8.27. The SMILES string of the molecule is COCC(CO)NC(=O)CCC(C)OC. The van der Waals surface area contributed by atoms with E-state index in [0.29, 0.717) is 19.4 Å². The Morgan fingerprint density at radius 1 is 1.47 bits per heavy atom. The molecule has 0 saturated heterocycles. The first-order chi connectivity index (χ1) is 7.13. The lowest BCUT2D eigenvalue weighted by atomic mass is 10.2. The van der Waals surface area contributed by atoms with E-state index >= 15 is 0 Å². The molecule has 0 saturated carbocycles. The zero-order valence-corrected chi connectivity index (χ0v) is 9.66. The summed E-state index contributed by atoms with van der Waals surface area (Å²) < 4.78 is 9.87. The maximum Gasteiger partial charge on any atom is 0.220 e. The van der Waals surface area contributed by atoms with Crippen molar-refractivity contribution in [1.29, 1.82) is 0 Å². The van der Waals surface area contributed by atoms with Gasteiger partial charge in [-0.15, -0.1) is 0 Å². The van der Waals surface area contributed by atoms with Gasteiger partial charge in [-0.1, -0.05) is 0 Å². The maximum atomic E-state index is 11.4. The molecule has 0 aliphatic rings. The zero-order valence-electron chi connectivity index (χ0n) is 9.66. The molecule has 0 spiro atoms. The molecule has 0 aromatic carbocycles. The summed E-state index contributed by atoms with van der Waals surface area (Å²) in [5, 5.41) is 11.6. The van der Waals surface area contributed by atoms with Crippen molar-refractivity contribution in [3.05, 3.63) is 0 Å². The number of hydrogen-bond acceptors (Lipinski definition) is 4. The summed E-state index contributed by atoms with van der Waals surface area (Å²) >= 11 is 0. The van der Waals surface area contributed by atoms with Crippen LogP contribution in [0.3, 0.4) is 0 Å². The predicted molar refractivity (Wildman–Crippen MR) is 56.6 cm³/mol. The molecule has 2 N–H and O–H groups in total.